The van der Waals surface area contributed by atoms with Crippen LogP contribution in [0.2, 0.25) is 10.0 Å². The molecule has 2 atom stereocenters. The molecule has 0 amide bonds. The van der Waals surface area contributed by atoms with Crippen molar-refractivity contribution >= 4 is 46.4 Å². The lowest BCUT2D eigenvalue weighted by Crippen LogP contribution is -2.31. The normalized spacial score (nSPS) is 19.9. The van der Waals surface area contributed by atoms with E-state index in [1.165, 1.54) is 0 Å². The van der Waals surface area contributed by atoms with E-state index < -0.39 is 0 Å². The van der Waals surface area contributed by atoms with Crippen LogP contribution < -0.4 is 10.6 Å². The molecule has 2 heterocycles. The Morgan fingerprint density at radius 1 is 1.14 bits per heavy atom. The van der Waals surface area contributed by atoms with Gasteiger partial charge in [0.1, 0.15) is 0 Å². The Morgan fingerprint density at radius 2 is 1.86 bits per heavy atom. The first-order valence-electron chi connectivity index (χ1n) is 6.43. The fourth-order valence-corrected chi connectivity index (χ4v) is 2.80. The van der Waals surface area contributed by atoms with Crippen LogP contribution in [0, 0.1) is 0 Å². The van der Waals surface area contributed by atoms with Gasteiger partial charge in [0.25, 0.3) is 0 Å². The summed E-state index contributed by atoms with van der Waals surface area (Å²) in [5.41, 5.74) is 0.912. The number of nitrogens with zero attached hydrogens (tertiary/aromatic N) is 2. The van der Waals surface area contributed by atoms with E-state index >= 15 is 0 Å². The highest BCUT2D eigenvalue weighted by molar-refractivity contribution is 7.80. The van der Waals surface area contributed by atoms with Gasteiger partial charge in [-0.1, -0.05) is 23.2 Å². The van der Waals surface area contributed by atoms with Crippen LogP contribution in [0.25, 0.3) is 0 Å². The van der Waals surface area contributed by atoms with Gasteiger partial charge in [0.15, 0.2) is 10.9 Å². The molecule has 2 aromatic heterocycles. The summed E-state index contributed by atoms with van der Waals surface area (Å²) < 4.78 is 0. The van der Waals surface area contributed by atoms with Crippen molar-refractivity contribution in [2.24, 2.45) is 0 Å². The highest BCUT2D eigenvalue weighted by Gasteiger charge is 2.41. The van der Waals surface area contributed by atoms with E-state index in [9.17, 15) is 0 Å². The SMILES string of the molecule is S=C(Nc1ncccc1Cl)NC1CC1c1ncccc1Cl. The molecule has 1 fully saturated rings. The molecule has 3 rings (SSSR count). The first-order chi connectivity index (χ1) is 10.1. The molecule has 2 unspecified atom stereocenters. The molecular formula is C14H12Cl2N4S. The molecule has 0 saturated heterocycles. The maximum absolute atomic E-state index is 6.15. The Labute approximate surface area is 137 Å². The number of thiocarbonyl (C=S) groups is 1. The summed E-state index contributed by atoms with van der Waals surface area (Å²) in [4.78, 5) is 8.46. The summed E-state index contributed by atoms with van der Waals surface area (Å²) >= 11 is 17.4. The molecular weight excluding hydrogens is 327 g/mol. The monoisotopic (exact) mass is 338 g/mol. The van der Waals surface area contributed by atoms with Crippen molar-refractivity contribution in [3.63, 3.8) is 0 Å². The summed E-state index contributed by atoms with van der Waals surface area (Å²) in [6.45, 7) is 0. The fourth-order valence-electron chi connectivity index (χ4n) is 2.12. The van der Waals surface area contributed by atoms with Crippen LogP contribution in [0.1, 0.15) is 18.0 Å². The van der Waals surface area contributed by atoms with Crippen LogP contribution in [0.3, 0.4) is 0 Å². The third-order valence-corrected chi connectivity index (χ3v) is 4.08. The number of rotatable bonds is 3. The van der Waals surface area contributed by atoms with E-state index in [0.717, 1.165) is 12.1 Å². The van der Waals surface area contributed by atoms with Crippen molar-refractivity contribution in [2.75, 3.05) is 5.32 Å². The fraction of sp³-hybridized carbons (Fsp3) is 0.214. The quantitative estimate of drug-likeness (QED) is 0.837. The summed E-state index contributed by atoms with van der Waals surface area (Å²) in [6, 6.07) is 7.44. The molecule has 108 valence electrons. The maximum Gasteiger partial charge on any atom is 0.172 e. The molecule has 0 radical (unpaired) electrons. The number of pyridine rings is 2. The largest absolute Gasteiger partial charge is 0.359 e. The Balaban J connectivity index is 1.58. The van der Waals surface area contributed by atoms with Crippen molar-refractivity contribution in [1.82, 2.24) is 15.3 Å². The molecule has 2 N–H and O–H groups in total. The van der Waals surface area contributed by atoms with Gasteiger partial charge in [-0.15, -0.1) is 0 Å². The summed E-state index contributed by atoms with van der Waals surface area (Å²) in [6.07, 6.45) is 4.36. The van der Waals surface area contributed by atoms with Gasteiger partial charge in [-0.3, -0.25) is 4.98 Å². The average molecular weight is 339 g/mol. The highest BCUT2D eigenvalue weighted by atomic mass is 35.5. The first-order valence-corrected chi connectivity index (χ1v) is 7.60. The van der Waals surface area contributed by atoms with Gasteiger partial charge >= 0.3 is 0 Å². The van der Waals surface area contributed by atoms with Crippen LogP contribution in [0.4, 0.5) is 5.82 Å². The lowest BCUT2D eigenvalue weighted by molar-refractivity contribution is 0.858. The summed E-state index contributed by atoms with van der Waals surface area (Å²) in [5, 5.41) is 7.94. The predicted molar refractivity (Wildman–Crippen MR) is 89.0 cm³/mol. The van der Waals surface area contributed by atoms with E-state index in [1.807, 2.05) is 12.1 Å². The van der Waals surface area contributed by atoms with E-state index in [2.05, 4.69) is 20.6 Å². The number of nitrogens with one attached hydrogen (secondary N) is 2. The van der Waals surface area contributed by atoms with Gasteiger partial charge < -0.3 is 10.6 Å². The molecule has 0 aliphatic heterocycles. The van der Waals surface area contributed by atoms with Gasteiger partial charge in [-0.05, 0) is 42.9 Å². The zero-order chi connectivity index (χ0) is 14.8. The van der Waals surface area contributed by atoms with Crippen molar-refractivity contribution < 1.29 is 0 Å². The minimum atomic E-state index is 0.236. The topological polar surface area (TPSA) is 49.8 Å². The molecule has 0 bridgehead atoms. The van der Waals surface area contributed by atoms with Gasteiger partial charge in [0, 0.05) is 24.4 Å². The second kappa shape index (κ2) is 6.13. The average Bonchev–Trinajstić information content (AvgIpc) is 3.21. The summed E-state index contributed by atoms with van der Waals surface area (Å²) in [5.74, 6) is 0.836. The number of hydrogen-bond donors (Lipinski definition) is 2. The van der Waals surface area contributed by atoms with Crippen molar-refractivity contribution in [3.05, 3.63) is 52.4 Å². The Bertz CT molecular complexity index is 680. The lowest BCUT2D eigenvalue weighted by Gasteiger charge is -2.10. The van der Waals surface area contributed by atoms with Crippen LogP contribution in [0.5, 0.6) is 0 Å². The Morgan fingerprint density at radius 3 is 2.57 bits per heavy atom. The molecule has 1 saturated carbocycles. The number of halogens is 2. The zero-order valence-corrected chi connectivity index (χ0v) is 13.2. The Hall–Kier alpha value is -1.43. The van der Waals surface area contributed by atoms with Gasteiger partial charge in [-0.25, -0.2) is 4.98 Å². The third kappa shape index (κ3) is 3.43. The third-order valence-electron chi connectivity index (χ3n) is 3.24. The van der Waals surface area contributed by atoms with Crippen molar-refractivity contribution in [3.8, 4) is 0 Å². The van der Waals surface area contributed by atoms with E-state index in [0.29, 0.717) is 21.0 Å². The van der Waals surface area contributed by atoms with E-state index in [1.54, 1.807) is 24.5 Å². The second-order valence-electron chi connectivity index (χ2n) is 4.75. The second-order valence-corrected chi connectivity index (χ2v) is 5.97. The molecule has 2 aromatic rings. The van der Waals surface area contributed by atoms with Crippen LogP contribution in [0.15, 0.2) is 36.7 Å². The predicted octanol–water partition coefficient (Wildman–Crippen LogP) is 3.63. The Kier molecular flexibility index (Phi) is 4.24. The molecule has 1 aliphatic carbocycles. The molecule has 21 heavy (non-hydrogen) atoms. The highest BCUT2D eigenvalue weighted by Crippen LogP contribution is 2.42. The van der Waals surface area contributed by atoms with Gasteiger partial charge in [0.05, 0.1) is 15.7 Å². The van der Waals surface area contributed by atoms with Crippen molar-refractivity contribution in [1.29, 1.82) is 0 Å². The molecule has 1 aliphatic rings. The molecule has 7 heteroatoms. The summed E-state index contributed by atoms with van der Waals surface area (Å²) in [7, 11) is 0. The van der Waals surface area contributed by atoms with Crippen LogP contribution in [-0.2, 0) is 0 Å². The minimum Gasteiger partial charge on any atom is -0.359 e. The number of aromatic nitrogens is 2. The molecule has 0 spiro atoms. The van der Waals surface area contributed by atoms with Crippen LogP contribution in [-0.4, -0.2) is 21.1 Å². The maximum atomic E-state index is 6.15. The van der Waals surface area contributed by atoms with Crippen LogP contribution >= 0.6 is 35.4 Å². The number of anilines is 1. The van der Waals surface area contributed by atoms with E-state index in [4.69, 9.17) is 35.4 Å². The minimum absolute atomic E-state index is 0.236. The van der Waals surface area contributed by atoms with Crippen molar-refractivity contribution in [2.45, 2.75) is 18.4 Å². The zero-order valence-electron chi connectivity index (χ0n) is 10.9. The number of hydrogen-bond acceptors (Lipinski definition) is 3. The first kappa shape index (κ1) is 14.5. The lowest BCUT2D eigenvalue weighted by atomic mass is 10.2. The van der Waals surface area contributed by atoms with Gasteiger partial charge in [0.2, 0.25) is 0 Å². The smallest absolute Gasteiger partial charge is 0.172 e. The molecule has 0 aromatic carbocycles. The standard InChI is InChI=1S/C14H12Cl2N4S/c15-9-3-1-5-17-12(9)8-7-11(8)19-14(21)20-13-10(16)4-2-6-18-13/h1-6,8,11H,7H2,(H2,18,19,20,21). The van der Waals surface area contributed by atoms with E-state index in [-0.39, 0.29) is 12.0 Å². The van der Waals surface area contributed by atoms with Gasteiger partial charge in [-0.2, -0.15) is 0 Å². The molecule has 4 nitrogen and oxygen atoms in total.